The Labute approximate surface area is 116 Å². The largest absolute Gasteiger partial charge is 0.394 e. The summed E-state index contributed by atoms with van der Waals surface area (Å²) in [6.45, 7) is 5.61. The molecule has 0 fully saturated rings. The molecular weight excluding hydrogens is 296 g/mol. The highest BCUT2D eigenvalue weighted by molar-refractivity contribution is 9.10. The number of urea groups is 1. The molecule has 1 aromatic carbocycles. The Morgan fingerprint density at radius 1 is 1.50 bits per heavy atom. The fourth-order valence-electron chi connectivity index (χ4n) is 1.35. The molecule has 2 amide bonds. The maximum atomic E-state index is 11.8. The standard InChI is InChI=1S/C13H19BrN2O2/c1-4-13(3,8-17)16-12(18)15-10-6-5-9(2)11(14)7-10/h5-7,17H,4,8H2,1-3H3,(H2,15,16,18). The van der Waals surface area contributed by atoms with Crippen LogP contribution >= 0.6 is 15.9 Å². The average Bonchev–Trinajstić information content (AvgIpc) is 2.33. The quantitative estimate of drug-likeness (QED) is 0.800. The van der Waals surface area contributed by atoms with E-state index in [2.05, 4.69) is 26.6 Å². The van der Waals surface area contributed by atoms with Crippen LogP contribution in [0.15, 0.2) is 22.7 Å². The van der Waals surface area contributed by atoms with Crippen molar-refractivity contribution in [2.75, 3.05) is 11.9 Å². The number of hydrogen-bond acceptors (Lipinski definition) is 2. The van der Waals surface area contributed by atoms with Gasteiger partial charge in [0, 0.05) is 10.2 Å². The minimum atomic E-state index is -0.591. The van der Waals surface area contributed by atoms with Gasteiger partial charge in [-0.05, 0) is 38.0 Å². The highest BCUT2D eigenvalue weighted by atomic mass is 79.9. The molecule has 18 heavy (non-hydrogen) atoms. The van der Waals surface area contributed by atoms with Crippen LogP contribution in [0.2, 0.25) is 0 Å². The Balaban J connectivity index is 2.67. The number of hydrogen-bond donors (Lipinski definition) is 3. The van der Waals surface area contributed by atoms with E-state index in [1.807, 2.05) is 32.0 Å². The van der Waals surface area contributed by atoms with Crippen LogP contribution in [0.3, 0.4) is 0 Å². The van der Waals surface area contributed by atoms with E-state index < -0.39 is 5.54 Å². The van der Waals surface area contributed by atoms with E-state index in [1.54, 1.807) is 6.92 Å². The van der Waals surface area contributed by atoms with Gasteiger partial charge in [0.05, 0.1) is 12.1 Å². The lowest BCUT2D eigenvalue weighted by atomic mass is 10.0. The lowest BCUT2D eigenvalue weighted by Gasteiger charge is -2.27. The number of anilines is 1. The van der Waals surface area contributed by atoms with Crippen molar-refractivity contribution in [3.05, 3.63) is 28.2 Å². The number of rotatable bonds is 4. The summed E-state index contributed by atoms with van der Waals surface area (Å²) in [6, 6.07) is 5.29. The number of carbonyl (C=O) groups is 1. The van der Waals surface area contributed by atoms with Crippen molar-refractivity contribution in [3.8, 4) is 0 Å². The van der Waals surface area contributed by atoms with Crippen molar-refractivity contribution in [3.63, 3.8) is 0 Å². The maximum absolute atomic E-state index is 11.8. The second kappa shape index (κ2) is 6.20. The molecule has 0 aliphatic carbocycles. The van der Waals surface area contributed by atoms with Crippen LogP contribution in [0.25, 0.3) is 0 Å². The molecule has 5 heteroatoms. The zero-order chi connectivity index (χ0) is 13.8. The fraction of sp³-hybridized carbons (Fsp3) is 0.462. The summed E-state index contributed by atoms with van der Waals surface area (Å²) in [7, 11) is 0. The van der Waals surface area contributed by atoms with Gasteiger partial charge in [-0.3, -0.25) is 0 Å². The number of aliphatic hydroxyl groups excluding tert-OH is 1. The Morgan fingerprint density at radius 2 is 2.17 bits per heavy atom. The van der Waals surface area contributed by atoms with Gasteiger partial charge in [0.15, 0.2) is 0 Å². The SMILES string of the molecule is CCC(C)(CO)NC(=O)Nc1ccc(C)c(Br)c1. The monoisotopic (exact) mass is 314 g/mol. The topological polar surface area (TPSA) is 61.4 Å². The zero-order valence-electron chi connectivity index (χ0n) is 10.9. The highest BCUT2D eigenvalue weighted by Crippen LogP contribution is 2.20. The Morgan fingerprint density at radius 3 is 2.67 bits per heavy atom. The zero-order valence-corrected chi connectivity index (χ0v) is 12.5. The van der Waals surface area contributed by atoms with Crippen molar-refractivity contribution in [2.45, 2.75) is 32.7 Å². The van der Waals surface area contributed by atoms with Crippen LogP contribution in [0.4, 0.5) is 10.5 Å². The molecule has 0 spiro atoms. The first-order valence-corrected chi connectivity index (χ1v) is 6.65. The molecule has 0 aromatic heterocycles. The summed E-state index contributed by atoms with van der Waals surface area (Å²) in [5.74, 6) is 0. The summed E-state index contributed by atoms with van der Waals surface area (Å²) in [6.07, 6.45) is 0.661. The molecule has 1 rings (SSSR count). The maximum Gasteiger partial charge on any atom is 0.319 e. The highest BCUT2D eigenvalue weighted by Gasteiger charge is 2.23. The Kier molecular flexibility index (Phi) is 5.16. The smallest absolute Gasteiger partial charge is 0.319 e. The molecule has 0 radical (unpaired) electrons. The van der Waals surface area contributed by atoms with Crippen molar-refractivity contribution in [1.82, 2.24) is 5.32 Å². The normalized spacial score (nSPS) is 13.8. The van der Waals surface area contributed by atoms with Crippen LogP contribution in [0.1, 0.15) is 25.8 Å². The van der Waals surface area contributed by atoms with Gasteiger partial charge in [-0.1, -0.05) is 28.9 Å². The Hall–Kier alpha value is -1.07. The number of nitrogens with one attached hydrogen (secondary N) is 2. The first-order chi connectivity index (χ1) is 8.40. The van der Waals surface area contributed by atoms with E-state index in [9.17, 15) is 9.90 Å². The number of carbonyl (C=O) groups excluding carboxylic acids is 1. The molecule has 1 unspecified atom stereocenters. The molecule has 0 heterocycles. The van der Waals surface area contributed by atoms with Gasteiger partial charge in [0.2, 0.25) is 0 Å². The number of amides is 2. The third-order valence-electron chi connectivity index (χ3n) is 2.97. The van der Waals surface area contributed by atoms with Crippen LogP contribution in [0, 0.1) is 6.92 Å². The number of benzene rings is 1. The van der Waals surface area contributed by atoms with Gasteiger partial charge in [0.25, 0.3) is 0 Å². The van der Waals surface area contributed by atoms with Gasteiger partial charge in [-0.25, -0.2) is 4.79 Å². The molecular formula is C13H19BrN2O2. The second-order valence-corrected chi connectivity index (χ2v) is 5.47. The predicted molar refractivity (Wildman–Crippen MR) is 76.8 cm³/mol. The molecule has 1 aromatic rings. The number of aliphatic hydroxyl groups is 1. The summed E-state index contributed by atoms with van der Waals surface area (Å²) in [5, 5.41) is 14.7. The summed E-state index contributed by atoms with van der Waals surface area (Å²) in [5.41, 5.74) is 1.22. The summed E-state index contributed by atoms with van der Waals surface area (Å²) < 4.78 is 0.945. The molecule has 0 saturated heterocycles. The third kappa shape index (κ3) is 3.99. The minimum absolute atomic E-state index is 0.0888. The Bertz CT molecular complexity index is 431. The molecule has 0 aliphatic rings. The van der Waals surface area contributed by atoms with Crippen molar-refractivity contribution >= 4 is 27.6 Å². The third-order valence-corrected chi connectivity index (χ3v) is 3.83. The second-order valence-electron chi connectivity index (χ2n) is 4.62. The van der Waals surface area contributed by atoms with Crippen LogP contribution in [-0.2, 0) is 0 Å². The van der Waals surface area contributed by atoms with E-state index in [0.717, 1.165) is 10.0 Å². The van der Waals surface area contributed by atoms with E-state index in [1.165, 1.54) is 0 Å². The van der Waals surface area contributed by atoms with Crippen LogP contribution in [-0.4, -0.2) is 23.3 Å². The number of halogens is 1. The molecule has 0 aliphatic heterocycles. The van der Waals surface area contributed by atoms with Gasteiger partial charge in [-0.2, -0.15) is 0 Å². The lowest BCUT2D eigenvalue weighted by molar-refractivity contribution is 0.172. The molecule has 3 N–H and O–H groups in total. The van der Waals surface area contributed by atoms with Gasteiger partial charge >= 0.3 is 6.03 Å². The van der Waals surface area contributed by atoms with Crippen molar-refractivity contribution < 1.29 is 9.90 Å². The van der Waals surface area contributed by atoms with Gasteiger partial charge in [-0.15, -0.1) is 0 Å². The fourth-order valence-corrected chi connectivity index (χ4v) is 1.73. The predicted octanol–water partition coefficient (Wildman–Crippen LogP) is 3.04. The number of aryl methyl sites for hydroxylation is 1. The first kappa shape index (κ1) is 15.0. The minimum Gasteiger partial charge on any atom is -0.394 e. The summed E-state index contributed by atoms with van der Waals surface area (Å²) >= 11 is 3.41. The van der Waals surface area contributed by atoms with E-state index in [-0.39, 0.29) is 12.6 Å². The summed E-state index contributed by atoms with van der Waals surface area (Å²) in [4.78, 5) is 11.8. The average molecular weight is 315 g/mol. The lowest BCUT2D eigenvalue weighted by Crippen LogP contribution is -2.50. The molecule has 0 bridgehead atoms. The van der Waals surface area contributed by atoms with Gasteiger partial charge < -0.3 is 15.7 Å². The molecule has 100 valence electrons. The van der Waals surface area contributed by atoms with Gasteiger partial charge in [0.1, 0.15) is 0 Å². The van der Waals surface area contributed by atoms with E-state index in [0.29, 0.717) is 12.1 Å². The molecule has 4 nitrogen and oxygen atoms in total. The molecule has 0 saturated carbocycles. The molecule has 1 atom stereocenters. The van der Waals surface area contributed by atoms with E-state index >= 15 is 0 Å². The van der Waals surface area contributed by atoms with E-state index in [4.69, 9.17) is 0 Å². The van der Waals surface area contributed by atoms with Crippen LogP contribution in [0.5, 0.6) is 0 Å². The first-order valence-electron chi connectivity index (χ1n) is 5.86. The van der Waals surface area contributed by atoms with Crippen LogP contribution < -0.4 is 10.6 Å². The van der Waals surface area contributed by atoms with Crippen molar-refractivity contribution in [1.29, 1.82) is 0 Å². The van der Waals surface area contributed by atoms with Crippen molar-refractivity contribution in [2.24, 2.45) is 0 Å².